The molecule has 0 N–H and O–H groups in total. The summed E-state index contributed by atoms with van der Waals surface area (Å²) in [6.45, 7) is 0. The molecular formula is C49H32N4O. The van der Waals surface area contributed by atoms with Gasteiger partial charge in [0.05, 0.1) is 27.4 Å². The monoisotopic (exact) mass is 712 g/mol. The zero-order valence-electron chi connectivity index (χ0n) is 47.6. The molecule has 0 atom stereocenters. The molecule has 10 aromatic rings. The largest absolute Gasteiger partial charge is 0.456 e. The van der Waals surface area contributed by atoms with E-state index in [1.54, 1.807) is 42.5 Å². The maximum atomic E-state index is 10.1. The fourth-order valence-corrected chi connectivity index (χ4v) is 6.11. The summed E-state index contributed by atoms with van der Waals surface area (Å²) in [7, 11) is 0. The SMILES string of the molecule is [2H]c1c([2H])c([2H])c(N(c2c([2H])c([2H])c([2H])c([2H])c2[2H])c2c([2H])c([2H])c(-c3c([2H])c(-c4nc(-c5ccccc5)nc(-c5cccc6ccccc56)n4)c4c(oc5c([2H])c([2H])c([2H])c([2H])c54)c3[2H])c([2H])c2[2H])c([2H])c1[2H]. The molecule has 10 rings (SSSR count). The van der Waals surface area contributed by atoms with Crippen LogP contribution in [-0.2, 0) is 0 Å². The average Bonchev–Trinajstić information content (AvgIpc) is 3.80. The van der Waals surface area contributed by atoms with E-state index in [0.29, 0.717) is 16.0 Å². The number of anilines is 3. The van der Waals surface area contributed by atoms with E-state index in [1.165, 1.54) is 0 Å². The van der Waals surface area contributed by atoms with Crippen molar-refractivity contribution in [2.24, 2.45) is 0 Å². The van der Waals surface area contributed by atoms with Crippen LogP contribution < -0.4 is 4.90 Å². The van der Waals surface area contributed by atoms with Gasteiger partial charge in [-0.1, -0.05) is 139 Å². The lowest BCUT2D eigenvalue weighted by molar-refractivity contribution is 0.669. The Balaban J connectivity index is 1.36. The highest BCUT2D eigenvalue weighted by molar-refractivity contribution is 6.13. The molecule has 0 unspecified atom stereocenters. The second kappa shape index (κ2) is 13.3. The first-order valence-corrected chi connectivity index (χ1v) is 16.4. The summed E-state index contributed by atoms with van der Waals surface area (Å²) in [6, 6.07) is 3.50. The molecule has 0 fully saturated rings. The molecule has 0 spiro atoms. The Kier molecular flexibility index (Phi) is 4.18. The molecule has 8 aromatic carbocycles. The number of aromatic nitrogens is 3. The van der Waals surface area contributed by atoms with E-state index in [4.69, 9.17) is 38.6 Å². The highest BCUT2D eigenvalue weighted by Crippen LogP contribution is 2.41. The van der Waals surface area contributed by atoms with Gasteiger partial charge in [-0.05, 0) is 76.3 Å². The van der Waals surface area contributed by atoms with Crippen molar-refractivity contribution in [1.29, 1.82) is 0 Å². The number of hydrogen-bond acceptors (Lipinski definition) is 5. The minimum Gasteiger partial charge on any atom is -0.456 e. The summed E-state index contributed by atoms with van der Waals surface area (Å²) in [5, 5.41) is 1.03. The zero-order chi connectivity index (χ0) is 53.3. The van der Waals surface area contributed by atoms with E-state index in [0.717, 1.165) is 10.8 Å². The predicted octanol–water partition coefficient (Wildman–Crippen LogP) is 13.1. The van der Waals surface area contributed by atoms with Gasteiger partial charge in [0.15, 0.2) is 17.5 Å². The van der Waals surface area contributed by atoms with E-state index >= 15 is 0 Å². The van der Waals surface area contributed by atoms with Crippen molar-refractivity contribution in [3.63, 3.8) is 0 Å². The lowest BCUT2D eigenvalue weighted by atomic mass is 9.97. The summed E-state index contributed by atoms with van der Waals surface area (Å²) in [4.78, 5) is 15.0. The highest BCUT2D eigenvalue weighted by Gasteiger charge is 2.21. The van der Waals surface area contributed by atoms with Gasteiger partial charge in [0, 0.05) is 44.5 Å². The molecule has 2 aromatic heterocycles. The molecule has 0 bridgehead atoms. The molecule has 0 saturated carbocycles. The quantitative estimate of drug-likeness (QED) is 0.165. The van der Waals surface area contributed by atoms with Crippen molar-refractivity contribution < 1.29 is 31.8 Å². The Morgan fingerprint density at radius 3 is 1.80 bits per heavy atom. The highest BCUT2D eigenvalue weighted by atomic mass is 16.3. The molecule has 54 heavy (non-hydrogen) atoms. The van der Waals surface area contributed by atoms with Crippen LogP contribution in [0.4, 0.5) is 17.1 Å². The average molecular weight is 713 g/mol. The Bertz CT molecular complexity index is 3950. The van der Waals surface area contributed by atoms with Crippen LogP contribution in [0.15, 0.2) is 198 Å². The minimum absolute atomic E-state index is 0.0753. The van der Waals surface area contributed by atoms with Crippen molar-refractivity contribution in [3.8, 4) is 45.3 Å². The molecule has 5 nitrogen and oxygen atoms in total. The van der Waals surface area contributed by atoms with E-state index in [9.17, 15) is 8.22 Å². The number of benzene rings is 8. The first-order valence-electron chi connectivity index (χ1n) is 26.4. The third kappa shape index (κ3) is 5.65. The van der Waals surface area contributed by atoms with Gasteiger partial charge in [-0.3, -0.25) is 0 Å². The van der Waals surface area contributed by atoms with E-state index < -0.39 is 160 Å². The second-order valence-corrected chi connectivity index (χ2v) is 11.7. The first-order chi connectivity index (χ1) is 35.1. The van der Waals surface area contributed by atoms with Crippen LogP contribution in [0.5, 0.6) is 0 Å². The van der Waals surface area contributed by atoms with Crippen LogP contribution in [0.1, 0.15) is 27.4 Å². The van der Waals surface area contributed by atoms with Crippen molar-refractivity contribution in [2.45, 2.75) is 0 Å². The maximum absolute atomic E-state index is 10.1. The van der Waals surface area contributed by atoms with E-state index in [1.807, 2.05) is 30.3 Å². The Morgan fingerprint density at radius 1 is 0.426 bits per heavy atom. The second-order valence-electron chi connectivity index (χ2n) is 11.7. The number of rotatable bonds is 7. The molecule has 0 aliphatic heterocycles. The standard InChI is InChI=1S/C49H32N4O/c1-4-16-35(17-5-1)47-50-48(41-25-14-18-34-15-10-11-23-40(34)41)52-49(51-47)43-31-36(32-45-46(43)42-24-12-13-26-44(42)54-45)33-27-29-39(30-28-33)53(37-19-6-2-7-20-37)38-21-8-3-9-22-38/h1-32H/i2D,3D,6D,7D,8D,9D,12D,13D,19D,20D,21D,22D,24D,26D,27D,28D,29D,30D,31D,32D. The van der Waals surface area contributed by atoms with Crippen molar-refractivity contribution in [1.82, 2.24) is 15.0 Å². The van der Waals surface area contributed by atoms with Crippen LogP contribution >= 0.6 is 0 Å². The molecule has 5 heteroatoms. The van der Waals surface area contributed by atoms with Crippen molar-refractivity contribution in [2.75, 3.05) is 4.90 Å². The van der Waals surface area contributed by atoms with Crippen LogP contribution in [0.25, 0.3) is 78.0 Å². The Morgan fingerprint density at radius 2 is 1.04 bits per heavy atom. The normalized spacial score (nSPS) is 16.5. The molecule has 0 saturated heterocycles. The number of furan rings is 1. The van der Waals surface area contributed by atoms with Gasteiger partial charge in [0.2, 0.25) is 0 Å². The zero-order valence-corrected chi connectivity index (χ0v) is 27.6. The lowest BCUT2D eigenvalue weighted by Gasteiger charge is -2.25. The van der Waals surface area contributed by atoms with Gasteiger partial charge in [-0.2, -0.15) is 0 Å². The minimum atomic E-state index is -1.09. The van der Waals surface area contributed by atoms with Gasteiger partial charge in [0.1, 0.15) is 11.2 Å². The van der Waals surface area contributed by atoms with Crippen molar-refractivity contribution >= 4 is 49.8 Å². The molecular weight excluding hydrogens is 661 g/mol. The van der Waals surface area contributed by atoms with Crippen molar-refractivity contribution in [3.05, 3.63) is 194 Å². The fourth-order valence-electron chi connectivity index (χ4n) is 6.11. The van der Waals surface area contributed by atoms with Crippen LogP contribution in [0, 0.1) is 0 Å². The van der Waals surface area contributed by atoms with Gasteiger partial charge < -0.3 is 9.32 Å². The van der Waals surface area contributed by atoms with E-state index in [2.05, 4.69) is 0 Å². The van der Waals surface area contributed by atoms with Crippen LogP contribution in [0.3, 0.4) is 0 Å². The molecule has 254 valence electrons. The third-order valence-electron chi connectivity index (χ3n) is 8.50. The molecule has 0 aliphatic carbocycles. The first kappa shape index (κ1) is 17.0. The lowest BCUT2D eigenvalue weighted by Crippen LogP contribution is -2.09. The molecule has 2 heterocycles. The van der Waals surface area contributed by atoms with Crippen LogP contribution in [-0.4, -0.2) is 15.0 Å². The van der Waals surface area contributed by atoms with Crippen LogP contribution in [0.2, 0.25) is 0 Å². The molecule has 0 radical (unpaired) electrons. The predicted molar refractivity (Wildman–Crippen MR) is 221 cm³/mol. The number of nitrogens with zero attached hydrogens (tertiary/aromatic N) is 4. The maximum Gasteiger partial charge on any atom is 0.164 e. The molecule has 0 aliphatic rings. The summed E-state index contributed by atoms with van der Waals surface area (Å²) < 4.78 is 185. The Hall–Kier alpha value is -7.37. The van der Waals surface area contributed by atoms with E-state index in [-0.39, 0.29) is 33.8 Å². The number of para-hydroxylation sites is 3. The summed E-state index contributed by atoms with van der Waals surface area (Å²) in [6.07, 6.45) is 0. The van der Waals surface area contributed by atoms with Gasteiger partial charge in [0.25, 0.3) is 0 Å². The number of hydrogen-bond donors (Lipinski definition) is 0. The summed E-state index contributed by atoms with van der Waals surface area (Å²) in [5.74, 6) is -0.141. The molecule has 0 amide bonds. The Labute approximate surface area is 340 Å². The summed E-state index contributed by atoms with van der Waals surface area (Å²) >= 11 is 0. The number of fused-ring (bicyclic) bond motifs is 4. The fraction of sp³-hybridized carbons (Fsp3) is 0. The third-order valence-corrected chi connectivity index (χ3v) is 8.50. The summed E-state index contributed by atoms with van der Waals surface area (Å²) in [5.41, 5.74) is -4.44. The van der Waals surface area contributed by atoms with Gasteiger partial charge in [-0.15, -0.1) is 0 Å². The van der Waals surface area contributed by atoms with Gasteiger partial charge >= 0.3 is 0 Å². The smallest absolute Gasteiger partial charge is 0.164 e. The van der Waals surface area contributed by atoms with Gasteiger partial charge in [-0.25, -0.2) is 15.0 Å². The topological polar surface area (TPSA) is 55.1 Å².